The SMILES string of the molecule is COC(=O)[C@H](Cc1ccc(C#N)cc1)Nc1nc(Cl)nc(Nc2cccc(CN3CCN(C(=O)OC(C)(C)C)CC3)c2)n1. The van der Waals surface area contributed by atoms with Crippen molar-refractivity contribution in [3.63, 3.8) is 0 Å². The number of methoxy groups -OCH3 is 1. The molecule has 1 atom stereocenters. The molecule has 0 unspecified atom stereocenters. The quantitative estimate of drug-likeness (QED) is 0.334. The van der Waals surface area contributed by atoms with Crippen LogP contribution in [0, 0.1) is 11.3 Å². The van der Waals surface area contributed by atoms with Crippen LogP contribution in [0.25, 0.3) is 0 Å². The Kier molecular flexibility index (Phi) is 10.3. The van der Waals surface area contributed by atoms with Crippen molar-refractivity contribution in [2.75, 3.05) is 43.9 Å². The predicted molar refractivity (Wildman–Crippen MR) is 162 cm³/mol. The zero-order chi connectivity index (χ0) is 31.0. The Labute approximate surface area is 256 Å². The summed E-state index contributed by atoms with van der Waals surface area (Å²) < 4.78 is 10.5. The summed E-state index contributed by atoms with van der Waals surface area (Å²) in [6, 6.07) is 16.0. The van der Waals surface area contributed by atoms with E-state index in [0.717, 1.165) is 29.9 Å². The van der Waals surface area contributed by atoms with E-state index in [2.05, 4.69) is 36.6 Å². The van der Waals surface area contributed by atoms with Crippen LogP contribution in [0.4, 0.5) is 22.4 Å². The van der Waals surface area contributed by atoms with Crippen LogP contribution in [0.5, 0.6) is 0 Å². The largest absolute Gasteiger partial charge is 0.467 e. The number of anilines is 3. The molecular formula is C30H35ClN8O4. The van der Waals surface area contributed by atoms with E-state index >= 15 is 0 Å². The number of piperazine rings is 1. The van der Waals surface area contributed by atoms with Crippen LogP contribution in [0.1, 0.15) is 37.5 Å². The first-order valence-electron chi connectivity index (χ1n) is 13.8. The van der Waals surface area contributed by atoms with Crippen LogP contribution in [0.2, 0.25) is 5.28 Å². The summed E-state index contributed by atoms with van der Waals surface area (Å²) in [6.45, 7) is 8.97. The molecule has 4 rings (SSSR count). The molecule has 0 radical (unpaired) electrons. The zero-order valence-corrected chi connectivity index (χ0v) is 25.4. The molecule has 0 saturated carbocycles. The van der Waals surface area contributed by atoms with Crippen molar-refractivity contribution in [3.05, 3.63) is 70.5 Å². The van der Waals surface area contributed by atoms with Crippen molar-refractivity contribution in [2.45, 2.75) is 45.4 Å². The lowest BCUT2D eigenvalue weighted by Crippen LogP contribution is -2.49. The minimum Gasteiger partial charge on any atom is -0.467 e. The Morgan fingerprint density at radius 3 is 2.37 bits per heavy atom. The van der Waals surface area contributed by atoms with E-state index in [0.29, 0.717) is 25.2 Å². The third kappa shape index (κ3) is 9.52. The fourth-order valence-corrected chi connectivity index (χ4v) is 4.62. The Morgan fingerprint density at radius 1 is 1.02 bits per heavy atom. The predicted octanol–water partition coefficient (Wildman–Crippen LogP) is 4.39. The third-order valence-electron chi connectivity index (χ3n) is 6.53. The number of carbonyl (C=O) groups excluding carboxylic acids is 2. The first kappa shape index (κ1) is 31.5. The fourth-order valence-electron chi connectivity index (χ4n) is 4.46. The smallest absolute Gasteiger partial charge is 0.410 e. The van der Waals surface area contributed by atoms with Crippen molar-refractivity contribution < 1.29 is 19.1 Å². The second-order valence-corrected chi connectivity index (χ2v) is 11.4. The Bertz CT molecular complexity index is 1460. The number of benzene rings is 2. The number of halogens is 1. The number of nitrogens with one attached hydrogen (secondary N) is 2. The number of nitrogens with zero attached hydrogens (tertiary/aromatic N) is 6. The van der Waals surface area contributed by atoms with Crippen LogP contribution in [-0.2, 0) is 27.2 Å². The Hall–Kier alpha value is -4.47. The summed E-state index contributed by atoms with van der Waals surface area (Å²) in [5.74, 6) is -0.201. The van der Waals surface area contributed by atoms with E-state index in [1.54, 1.807) is 29.2 Å². The van der Waals surface area contributed by atoms with Gasteiger partial charge in [-0.05, 0) is 67.8 Å². The van der Waals surface area contributed by atoms with Crippen molar-refractivity contribution in [3.8, 4) is 6.07 Å². The number of hydrogen-bond donors (Lipinski definition) is 2. The highest BCUT2D eigenvalue weighted by atomic mass is 35.5. The van der Waals surface area contributed by atoms with Gasteiger partial charge in [-0.2, -0.15) is 20.2 Å². The highest BCUT2D eigenvalue weighted by Gasteiger charge is 2.26. The second kappa shape index (κ2) is 14.1. The number of nitriles is 1. The van der Waals surface area contributed by atoms with Crippen molar-refractivity contribution in [1.82, 2.24) is 24.8 Å². The lowest BCUT2D eigenvalue weighted by molar-refractivity contribution is -0.141. The molecule has 12 nitrogen and oxygen atoms in total. The van der Waals surface area contributed by atoms with Gasteiger partial charge in [0, 0.05) is 44.8 Å². The minimum absolute atomic E-state index is 0.0546. The average Bonchev–Trinajstić information content (AvgIpc) is 2.96. The van der Waals surface area contributed by atoms with Crippen LogP contribution in [0.3, 0.4) is 0 Å². The highest BCUT2D eigenvalue weighted by Crippen LogP contribution is 2.20. The average molecular weight is 607 g/mol. The molecule has 43 heavy (non-hydrogen) atoms. The first-order chi connectivity index (χ1) is 20.5. The molecular weight excluding hydrogens is 572 g/mol. The molecule has 1 amide bonds. The monoisotopic (exact) mass is 606 g/mol. The van der Waals surface area contributed by atoms with Gasteiger partial charge in [0.25, 0.3) is 0 Å². The maximum Gasteiger partial charge on any atom is 0.410 e. The van der Waals surface area contributed by atoms with E-state index in [1.807, 2.05) is 45.0 Å². The maximum absolute atomic E-state index is 12.5. The molecule has 1 aliphatic rings. The molecule has 1 saturated heterocycles. The summed E-state index contributed by atoms with van der Waals surface area (Å²) in [5.41, 5.74) is 2.65. The van der Waals surface area contributed by atoms with Gasteiger partial charge in [0.1, 0.15) is 11.6 Å². The molecule has 1 fully saturated rings. The van der Waals surface area contributed by atoms with Gasteiger partial charge >= 0.3 is 12.1 Å². The van der Waals surface area contributed by atoms with E-state index in [-0.39, 0.29) is 29.7 Å². The molecule has 0 aliphatic carbocycles. The lowest BCUT2D eigenvalue weighted by atomic mass is 10.0. The number of amides is 1. The number of aromatic nitrogens is 3. The van der Waals surface area contributed by atoms with E-state index in [1.165, 1.54) is 7.11 Å². The molecule has 2 aromatic carbocycles. The van der Waals surface area contributed by atoms with Gasteiger partial charge in [-0.1, -0.05) is 24.3 Å². The summed E-state index contributed by atoms with van der Waals surface area (Å²) in [7, 11) is 1.30. The number of ether oxygens (including phenoxy) is 2. The summed E-state index contributed by atoms with van der Waals surface area (Å²) in [5, 5.41) is 15.1. The normalized spacial score (nSPS) is 14.4. The van der Waals surface area contributed by atoms with Gasteiger partial charge in [-0.3, -0.25) is 4.90 Å². The van der Waals surface area contributed by atoms with Gasteiger partial charge < -0.3 is 25.0 Å². The van der Waals surface area contributed by atoms with Crippen LogP contribution in [0.15, 0.2) is 48.5 Å². The Balaban J connectivity index is 1.38. The molecule has 3 aromatic rings. The number of hydrogen-bond acceptors (Lipinski definition) is 11. The van der Waals surface area contributed by atoms with E-state index < -0.39 is 17.6 Å². The van der Waals surface area contributed by atoms with Crippen LogP contribution >= 0.6 is 11.6 Å². The summed E-state index contributed by atoms with van der Waals surface area (Å²) >= 11 is 6.20. The van der Waals surface area contributed by atoms with Crippen molar-refractivity contribution >= 4 is 41.2 Å². The number of carbonyl (C=O) groups is 2. The van der Waals surface area contributed by atoms with Gasteiger partial charge in [-0.15, -0.1) is 0 Å². The van der Waals surface area contributed by atoms with Crippen molar-refractivity contribution in [1.29, 1.82) is 5.26 Å². The number of esters is 1. The molecule has 0 bridgehead atoms. The van der Waals surface area contributed by atoms with E-state index in [4.69, 9.17) is 26.3 Å². The van der Waals surface area contributed by atoms with Crippen LogP contribution < -0.4 is 10.6 Å². The molecule has 1 aromatic heterocycles. The highest BCUT2D eigenvalue weighted by molar-refractivity contribution is 6.28. The molecule has 0 spiro atoms. The lowest BCUT2D eigenvalue weighted by Gasteiger charge is -2.35. The minimum atomic E-state index is -0.802. The van der Waals surface area contributed by atoms with Gasteiger partial charge in [0.15, 0.2) is 0 Å². The fraction of sp³-hybridized carbons (Fsp3) is 0.400. The first-order valence-corrected chi connectivity index (χ1v) is 14.2. The zero-order valence-electron chi connectivity index (χ0n) is 24.6. The molecule has 1 aliphatic heterocycles. The summed E-state index contributed by atoms with van der Waals surface area (Å²) in [6.07, 6.45) is -0.00574. The van der Waals surface area contributed by atoms with Gasteiger partial charge in [-0.25, -0.2) is 9.59 Å². The second-order valence-electron chi connectivity index (χ2n) is 11.1. The third-order valence-corrected chi connectivity index (χ3v) is 6.70. The van der Waals surface area contributed by atoms with E-state index in [9.17, 15) is 9.59 Å². The molecule has 2 heterocycles. The Morgan fingerprint density at radius 2 is 1.72 bits per heavy atom. The standard InChI is InChI=1S/C30H35ClN8O4/c1-30(2,3)43-29(41)39-14-12-38(13-15-39)19-22-6-5-7-23(16-22)33-27-35-26(31)36-28(37-27)34-24(25(40)42-4)17-20-8-10-21(18-32)11-9-20/h5-11,16,24H,12-15,17,19H2,1-4H3,(H2,33,34,35,36,37)/t24-/m0/s1. The molecule has 226 valence electrons. The molecule has 13 heteroatoms. The molecule has 2 N–H and O–H groups in total. The van der Waals surface area contributed by atoms with Crippen LogP contribution in [-0.4, -0.2) is 81.7 Å². The number of rotatable bonds is 9. The van der Waals surface area contributed by atoms with Gasteiger partial charge in [0.05, 0.1) is 18.7 Å². The maximum atomic E-state index is 12.5. The summed E-state index contributed by atoms with van der Waals surface area (Å²) in [4.78, 5) is 41.6. The van der Waals surface area contributed by atoms with Gasteiger partial charge in [0.2, 0.25) is 17.2 Å². The van der Waals surface area contributed by atoms with Crippen molar-refractivity contribution in [2.24, 2.45) is 0 Å². The topological polar surface area (TPSA) is 146 Å².